The van der Waals surface area contributed by atoms with E-state index in [0.29, 0.717) is 47.7 Å². The van der Waals surface area contributed by atoms with Crippen molar-refractivity contribution in [3.8, 4) is 11.5 Å². The van der Waals surface area contributed by atoms with Gasteiger partial charge in [0.25, 0.3) is 10.0 Å². The van der Waals surface area contributed by atoms with Crippen molar-refractivity contribution in [2.75, 3.05) is 38.3 Å². The molecule has 0 unspecified atom stereocenters. The average Bonchev–Trinajstić information content (AvgIpc) is 3.36. The summed E-state index contributed by atoms with van der Waals surface area (Å²) in [6, 6.07) is 7.94. The van der Waals surface area contributed by atoms with Crippen molar-refractivity contribution < 1.29 is 22.7 Å². The minimum Gasteiger partial charge on any atom is -0.454 e. The molecule has 1 aromatic carbocycles. The maximum atomic E-state index is 12.7. The zero-order valence-electron chi connectivity index (χ0n) is 15.6. The van der Waals surface area contributed by atoms with Crippen molar-refractivity contribution >= 4 is 44.6 Å². The van der Waals surface area contributed by atoms with Crippen molar-refractivity contribution in [1.82, 2.24) is 9.21 Å². The second-order valence-corrected chi connectivity index (χ2v) is 10.6. The molecule has 1 fully saturated rings. The number of anilines is 1. The molecule has 1 aromatic heterocycles. The van der Waals surface area contributed by atoms with Crippen LogP contribution in [0, 0.1) is 0 Å². The van der Waals surface area contributed by atoms with Gasteiger partial charge in [-0.1, -0.05) is 11.6 Å². The van der Waals surface area contributed by atoms with E-state index in [1.54, 1.807) is 24.3 Å². The number of hydrogen-bond acceptors (Lipinski definition) is 7. The molecule has 8 nitrogen and oxygen atoms in total. The van der Waals surface area contributed by atoms with Crippen molar-refractivity contribution in [1.29, 1.82) is 0 Å². The summed E-state index contributed by atoms with van der Waals surface area (Å²) in [5.74, 6) is 1.09. The van der Waals surface area contributed by atoms with Crippen LogP contribution in [0.2, 0.25) is 4.34 Å². The Morgan fingerprint density at radius 1 is 1.14 bits per heavy atom. The molecule has 2 aliphatic rings. The molecule has 2 aliphatic heterocycles. The predicted molar refractivity (Wildman–Crippen MR) is 110 cm³/mol. The molecule has 1 amide bonds. The number of sulfonamides is 1. The number of piperazine rings is 1. The Balaban J connectivity index is 1.35. The third-order valence-corrected chi connectivity index (χ3v) is 8.58. The van der Waals surface area contributed by atoms with Crippen molar-refractivity contribution in [3.05, 3.63) is 34.7 Å². The quantitative estimate of drug-likeness (QED) is 0.742. The van der Waals surface area contributed by atoms with E-state index in [1.165, 1.54) is 10.4 Å². The van der Waals surface area contributed by atoms with Crippen molar-refractivity contribution in [2.24, 2.45) is 0 Å². The van der Waals surface area contributed by atoms with Crippen LogP contribution in [0.3, 0.4) is 0 Å². The summed E-state index contributed by atoms with van der Waals surface area (Å²) in [6.07, 6.45) is 0. The maximum absolute atomic E-state index is 12.7. The Bertz CT molecular complexity index is 1020. The Hall–Kier alpha value is -1.85. The van der Waals surface area contributed by atoms with Gasteiger partial charge in [0, 0.05) is 37.9 Å². The van der Waals surface area contributed by atoms with Crippen LogP contribution in [0.25, 0.3) is 0 Å². The zero-order valence-corrected chi connectivity index (χ0v) is 18.0. The van der Waals surface area contributed by atoms with E-state index in [2.05, 4.69) is 5.32 Å². The van der Waals surface area contributed by atoms with Gasteiger partial charge in [-0.05, 0) is 31.2 Å². The van der Waals surface area contributed by atoms with Crippen molar-refractivity contribution in [2.45, 2.75) is 17.2 Å². The van der Waals surface area contributed by atoms with Gasteiger partial charge in [-0.25, -0.2) is 8.42 Å². The van der Waals surface area contributed by atoms with Crippen LogP contribution >= 0.6 is 22.9 Å². The summed E-state index contributed by atoms with van der Waals surface area (Å²) < 4.78 is 38.1. The highest BCUT2D eigenvalue weighted by atomic mass is 35.5. The van der Waals surface area contributed by atoms with Gasteiger partial charge in [-0.3, -0.25) is 9.69 Å². The minimum absolute atomic E-state index is 0.162. The van der Waals surface area contributed by atoms with Gasteiger partial charge in [-0.2, -0.15) is 4.31 Å². The summed E-state index contributed by atoms with van der Waals surface area (Å²) in [5, 5.41) is 2.88. The van der Waals surface area contributed by atoms with E-state index in [9.17, 15) is 13.2 Å². The van der Waals surface area contributed by atoms with Crippen molar-refractivity contribution in [3.63, 3.8) is 0 Å². The van der Waals surface area contributed by atoms with E-state index >= 15 is 0 Å². The summed E-state index contributed by atoms with van der Waals surface area (Å²) in [7, 11) is -3.55. The molecule has 0 spiro atoms. The van der Waals surface area contributed by atoms with Crippen LogP contribution in [0.15, 0.2) is 34.5 Å². The number of rotatable bonds is 5. The Kier molecular flexibility index (Phi) is 5.71. The highest BCUT2D eigenvalue weighted by Crippen LogP contribution is 2.34. The average molecular weight is 458 g/mol. The molecule has 0 saturated carbocycles. The lowest BCUT2D eigenvalue weighted by atomic mass is 10.2. The molecule has 11 heteroatoms. The molecular weight excluding hydrogens is 438 g/mol. The SMILES string of the molecule is C[C@H](C(=O)Nc1ccc2c(c1)OCO2)N1CCN(S(=O)(=O)c2ccc(Cl)s2)CC1. The van der Waals surface area contributed by atoms with E-state index in [1.807, 2.05) is 11.8 Å². The Morgan fingerprint density at radius 3 is 2.55 bits per heavy atom. The molecule has 0 bridgehead atoms. The number of fused-ring (bicyclic) bond motifs is 1. The normalized spacial score (nSPS) is 18.6. The van der Waals surface area contributed by atoms with Gasteiger partial charge in [0.05, 0.1) is 10.4 Å². The fourth-order valence-corrected chi connectivity index (χ4v) is 6.34. The molecule has 1 atom stereocenters. The first-order chi connectivity index (χ1) is 13.8. The first kappa shape index (κ1) is 20.4. The molecule has 1 saturated heterocycles. The van der Waals surface area contributed by atoms with Gasteiger partial charge in [0.2, 0.25) is 12.7 Å². The molecule has 4 rings (SSSR count). The van der Waals surface area contributed by atoms with Gasteiger partial charge in [0.15, 0.2) is 11.5 Å². The number of nitrogens with zero attached hydrogens (tertiary/aromatic N) is 2. The molecule has 3 heterocycles. The third-order valence-electron chi connectivity index (χ3n) is 4.98. The summed E-state index contributed by atoms with van der Waals surface area (Å²) in [5.41, 5.74) is 0.627. The lowest BCUT2D eigenvalue weighted by Gasteiger charge is -2.36. The molecule has 0 radical (unpaired) electrons. The van der Waals surface area contributed by atoms with Gasteiger partial charge in [-0.15, -0.1) is 11.3 Å². The smallest absolute Gasteiger partial charge is 0.252 e. The minimum atomic E-state index is -3.55. The summed E-state index contributed by atoms with van der Waals surface area (Å²) >= 11 is 6.92. The second-order valence-electron chi connectivity index (χ2n) is 6.73. The fourth-order valence-electron chi connectivity index (χ4n) is 3.28. The van der Waals surface area contributed by atoms with Crippen LogP contribution in [-0.4, -0.2) is 62.5 Å². The zero-order chi connectivity index (χ0) is 20.6. The fraction of sp³-hybridized carbons (Fsp3) is 0.389. The molecule has 1 N–H and O–H groups in total. The van der Waals surface area contributed by atoms with Crippen LogP contribution in [0.5, 0.6) is 11.5 Å². The first-order valence-electron chi connectivity index (χ1n) is 9.04. The van der Waals surface area contributed by atoms with E-state index in [-0.39, 0.29) is 16.9 Å². The van der Waals surface area contributed by atoms with Gasteiger partial charge >= 0.3 is 0 Å². The molecule has 0 aliphatic carbocycles. The lowest BCUT2D eigenvalue weighted by Crippen LogP contribution is -2.53. The Morgan fingerprint density at radius 2 is 1.86 bits per heavy atom. The lowest BCUT2D eigenvalue weighted by molar-refractivity contribution is -0.121. The third kappa shape index (κ3) is 4.22. The van der Waals surface area contributed by atoms with Crippen LogP contribution in [0.4, 0.5) is 5.69 Å². The largest absolute Gasteiger partial charge is 0.454 e. The number of thiophene rings is 1. The molecular formula is C18H20ClN3O5S2. The number of halogens is 1. The predicted octanol–water partition coefficient (Wildman–Crippen LogP) is 2.46. The number of carbonyl (C=O) groups is 1. The first-order valence-corrected chi connectivity index (χ1v) is 11.7. The molecule has 156 valence electrons. The number of ether oxygens (including phenoxy) is 2. The monoisotopic (exact) mass is 457 g/mol. The highest BCUT2D eigenvalue weighted by molar-refractivity contribution is 7.91. The van der Waals surface area contributed by atoms with Gasteiger partial charge < -0.3 is 14.8 Å². The van der Waals surface area contributed by atoms with Crippen LogP contribution < -0.4 is 14.8 Å². The summed E-state index contributed by atoms with van der Waals surface area (Å²) in [6.45, 7) is 3.56. The standard InChI is InChI=1S/C18H20ClN3O5S2/c1-12(18(23)20-13-2-3-14-15(10-13)27-11-26-14)21-6-8-22(9-7-21)29(24,25)17-5-4-16(19)28-17/h2-5,10,12H,6-9,11H2,1H3,(H,20,23)/t12-/m1/s1. The van der Waals surface area contributed by atoms with Crippen LogP contribution in [-0.2, 0) is 14.8 Å². The number of amides is 1. The maximum Gasteiger partial charge on any atom is 0.252 e. The summed E-state index contributed by atoms with van der Waals surface area (Å²) in [4.78, 5) is 14.6. The second kappa shape index (κ2) is 8.11. The molecule has 2 aromatic rings. The van der Waals surface area contributed by atoms with Crippen LogP contribution in [0.1, 0.15) is 6.92 Å². The topological polar surface area (TPSA) is 88.2 Å². The number of benzene rings is 1. The molecule has 29 heavy (non-hydrogen) atoms. The van der Waals surface area contributed by atoms with Gasteiger partial charge in [0.1, 0.15) is 4.21 Å². The Labute approximate surface area is 178 Å². The van der Waals surface area contributed by atoms with E-state index in [4.69, 9.17) is 21.1 Å². The highest BCUT2D eigenvalue weighted by Gasteiger charge is 2.32. The van der Waals surface area contributed by atoms with E-state index in [0.717, 1.165) is 11.3 Å². The number of carbonyl (C=O) groups excluding carboxylic acids is 1. The van der Waals surface area contributed by atoms with E-state index < -0.39 is 16.1 Å². The number of hydrogen-bond donors (Lipinski definition) is 1. The number of nitrogens with one attached hydrogen (secondary N) is 1.